The van der Waals surface area contributed by atoms with E-state index in [2.05, 4.69) is 48.0 Å². The fourth-order valence-electron chi connectivity index (χ4n) is 4.22. The summed E-state index contributed by atoms with van der Waals surface area (Å²) in [7, 11) is 0. The Morgan fingerprint density at radius 2 is 1.83 bits per heavy atom. The third kappa shape index (κ3) is 4.25. The van der Waals surface area contributed by atoms with Crippen LogP contribution in [0.4, 0.5) is 0 Å². The van der Waals surface area contributed by atoms with Crippen LogP contribution in [-0.2, 0) is 11.3 Å². The van der Waals surface area contributed by atoms with E-state index in [0.717, 1.165) is 38.0 Å². The summed E-state index contributed by atoms with van der Waals surface area (Å²) in [5, 5.41) is 3.11. The van der Waals surface area contributed by atoms with E-state index in [4.69, 9.17) is 0 Å². The first kappa shape index (κ1) is 19.4. The Morgan fingerprint density at radius 1 is 1.10 bits per heavy atom. The fourth-order valence-corrected chi connectivity index (χ4v) is 4.22. The first-order chi connectivity index (χ1) is 14.0. The lowest BCUT2D eigenvalue weighted by Gasteiger charge is -2.32. The van der Waals surface area contributed by atoms with Crippen molar-refractivity contribution < 1.29 is 9.59 Å². The smallest absolute Gasteiger partial charge is 0.259 e. The zero-order valence-corrected chi connectivity index (χ0v) is 16.9. The van der Waals surface area contributed by atoms with E-state index < -0.39 is 0 Å². The molecule has 2 aromatic rings. The summed E-state index contributed by atoms with van der Waals surface area (Å²) in [5.41, 5.74) is 4.65. The Morgan fingerprint density at radius 3 is 2.52 bits per heavy atom. The number of hydrogen-bond acceptors (Lipinski definition) is 3. The van der Waals surface area contributed by atoms with Crippen molar-refractivity contribution in [3.05, 3.63) is 77.4 Å². The molecule has 4 rings (SSSR count). The Hall–Kier alpha value is -2.92. The van der Waals surface area contributed by atoms with Crippen molar-refractivity contribution in [2.24, 2.45) is 0 Å². The van der Waals surface area contributed by atoms with Crippen LogP contribution in [0.5, 0.6) is 0 Å². The van der Waals surface area contributed by atoms with E-state index in [9.17, 15) is 9.59 Å². The molecule has 1 N–H and O–H groups in total. The van der Waals surface area contributed by atoms with Gasteiger partial charge in [0.05, 0.1) is 0 Å². The number of aryl methyl sites for hydroxylation is 1. The number of hydrogen-bond donors (Lipinski definition) is 1. The van der Waals surface area contributed by atoms with Crippen LogP contribution in [-0.4, -0.2) is 47.3 Å². The van der Waals surface area contributed by atoms with Gasteiger partial charge in [0, 0.05) is 42.5 Å². The van der Waals surface area contributed by atoms with Crippen LogP contribution in [0, 0.1) is 6.92 Å². The number of nitrogens with one attached hydrogen (secondary N) is 1. The summed E-state index contributed by atoms with van der Waals surface area (Å²) in [6.45, 7) is 9.00. The van der Waals surface area contributed by atoms with Crippen LogP contribution in [0.1, 0.15) is 39.9 Å². The third-order valence-electron chi connectivity index (χ3n) is 5.78. The molecule has 0 spiro atoms. The summed E-state index contributed by atoms with van der Waals surface area (Å²) in [6, 6.07) is 16.1. The molecule has 5 nitrogen and oxygen atoms in total. The Balaban J connectivity index is 1.26. The van der Waals surface area contributed by atoms with Gasteiger partial charge < -0.3 is 5.32 Å². The molecule has 150 valence electrons. The Kier molecular flexibility index (Phi) is 5.49. The van der Waals surface area contributed by atoms with Gasteiger partial charge in [-0.05, 0) is 31.4 Å². The lowest BCUT2D eigenvalue weighted by atomic mass is 10.0. The first-order valence-electron chi connectivity index (χ1n) is 10.2. The van der Waals surface area contributed by atoms with Gasteiger partial charge in [-0.3, -0.25) is 19.4 Å². The molecule has 2 amide bonds. The van der Waals surface area contributed by atoms with Gasteiger partial charge in [0.15, 0.2) is 0 Å². The van der Waals surface area contributed by atoms with Crippen molar-refractivity contribution in [2.45, 2.75) is 32.4 Å². The number of carbonyl (C=O) groups is 2. The average molecular weight is 389 g/mol. The van der Waals surface area contributed by atoms with Crippen molar-refractivity contribution in [3.8, 4) is 0 Å². The molecule has 0 atom stereocenters. The normalized spacial score (nSPS) is 17.5. The van der Waals surface area contributed by atoms with Crippen LogP contribution >= 0.6 is 0 Å². The lowest BCUT2D eigenvalue weighted by Crippen LogP contribution is -2.47. The van der Waals surface area contributed by atoms with Crippen molar-refractivity contribution >= 4 is 17.5 Å². The third-order valence-corrected chi connectivity index (χ3v) is 5.78. The quantitative estimate of drug-likeness (QED) is 0.854. The molecule has 2 aliphatic heterocycles. The SMILES string of the molecule is C=C1c2ccccc2C(=O)N1CC(=O)NC1CCN(Cc2cccc(C)c2)CC1. The minimum atomic E-state index is -0.145. The Bertz CT molecular complexity index is 910. The zero-order chi connectivity index (χ0) is 20.4. The van der Waals surface area contributed by atoms with Gasteiger partial charge in [0.1, 0.15) is 6.54 Å². The van der Waals surface area contributed by atoms with E-state index in [1.54, 1.807) is 6.07 Å². The van der Waals surface area contributed by atoms with Gasteiger partial charge in [0.25, 0.3) is 5.91 Å². The highest BCUT2D eigenvalue weighted by atomic mass is 16.2. The minimum Gasteiger partial charge on any atom is -0.352 e. The van der Waals surface area contributed by atoms with E-state index in [0.29, 0.717) is 11.3 Å². The molecule has 0 saturated carbocycles. The molecule has 29 heavy (non-hydrogen) atoms. The maximum Gasteiger partial charge on any atom is 0.259 e. The molecular weight excluding hydrogens is 362 g/mol. The summed E-state index contributed by atoms with van der Waals surface area (Å²) < 4.78 is 0. The first-order valence-corrected chi connectivity index (χ1v) is 10.2. The van der Waals surface area contributed by atoms with Gasteiger partial charge in [0.2, 0.25) is 5.91 Å². The molecule has 0 aromatic heterocycles. The van der Waals surface area contributed by atoms with Crippen molar-refractivity contribution in [1.29, 1.82) is 0 Å². The van der Waals surface area contributed by atoms with E-state index in [-0.39, 0.29) is 24.4 Å². The maximum absolute atomic E-state index is 12.6. The number of rotatable bonds is 5. The van der Waals surface area contributed by atoms with Gasteiger partial charge >= 0.3 is 0 Å². The van der Waals surface area contributed by atoms with Gasteiger partial charge in [-0.25, -0.2) is 0 Å². The van der Waals surface area contributed by atoms with Crippen LogP contribution < -0.4 is 5.32 Å². The number of carbonyl (C=O) groups excluding carboxylic acids is 2. The molecule has 0 aliphatic carbocycles. The molecule has 2 aromatic carbocycles. The molecule has 2 aliphatic rings. The molecule has 0 radical (unpaired) electrons. The number of amides is 2. The second kappa shape index (κ2) is 8.21. The highest BCUT2D eigenvalue weighted by Crippen LogP contribution is 2.30. The summed E-state index contributed by atoms with van der Waals surface area (Å²) in [6.07, 6.45) is 1.85. The van der Waals surface area contributed by atoms with Crippen LogP contribution in [0.3, 0.4) is 0 Å². The number of piperidine rings is 1. The molecule has 0 bridgehead atoms. The summed E-state index contributed by atoms with van der Waals surface area (Å²) >= 11 is 0. The number of fused-ring (bicyclic) bond motifs is 1. The van der Waals surface area contributed by atoms with Crippen LogP contribution in [0.25, 0.3) is 5.70 Å². The highest BCUT2D eigenvalue weighted by molar-refractivity contribution is 6.10. The molecule has 1 fully saturated rings. The molecule has 5 heteroatoms. The largest absolute Gasteiger partial charge is 0.352 e. The van der Waals surface area contributed by atoms with Gasteiger partial charge in [-0.1, -0.05) is 54.6 Å². The standard InChI is InChI=1S/C24H27N3O2/c1-17-6-5-7-19(14-17)15-26-12-10-20(11-13-26)25-23(28)16-27-18(2)21-8-3-4-9-22(21)24(27)29/h3-9,14,20H,2,10-13,15-16H2,1H3,(H,25,28). The Labute approximate surface area is 172 Å². The predicted octanol–water partition coefficient (Wildman–Crippen LogP) is 3.20. The van der Waals surface area contributed by atoms with Crippen LogP contribution in [0.2, 0.25) is 0 Å². The molecule has 0 unspecified atom stereocenters. The van der Waals surface area contributed by atoms with Crippen LogP contribution in [0.15, 0.2) is 55.1 Å². The fraction of sp³-hybridized carbons (Fsp3) is 0.333. The summed E-state index contributed by atoms with van der Waals surface area (Å²) in [4.78, 5) is 29.0. The zero-order valence-electron chi connectivity index (χ0n) is 16.9. The number of nitrogens with zero attached hydrogens (tertiary/aromatic N) is 2. The second-order valence-electron chi connectivity index (χ2n) is 7.99. The number of benzene rings is 2. The lowest BCUT2D eigenvalue weighted by molar-refractivity contribution is -0.122. The van der Waals surface area contributed by atoms with Crippen molar-refractivity contribution in [3.63, 3.8) is 0 Å². The van der Waals surface area contributed by atoms with E-state index in [1.165, 1.54) is 16.0 Å². The maximum atomic E-state index is 12.6. The highest BCUT2D eigenvalue weighted by Gasteiger charge is 2.32. The molecule has 2 heterocycles. The minimum absolute atomic E-state index is 0.0237. The molecular formula is C24H27N3O2. The topological polar surface area (TPSA) is 52.7 Å². The number of likely N-dealkylation sites (tertiary alicyclic amines) is 1. The van der Waals surface area contributed by atoms with Crippen molar-refractivity contribution in [1.82, 2.24) is 15.1 Å². The van der Waals surface area contributed by atoms with E-state index in [1.807, 2.05) is 18.2 Å². The monoisotopic (exact) mass is 389 g/mol. The molecule has 1 saturated heterocycles. The summed E-state index contributed by atoms with van der Waals surface area (Å²) in [5.74, 6) is -0.266. The van der Waals surface area contributed by atoms with E-state index >= 15 is 0 Å². The van der Waals surface area contributed by atoms with Crippen molar-refractivity contribution in [2.75, 3.05) is 19.6 Å². The average Bonchev–Trinajstić information content (AvgIpc) is 2.95. The van der Waals surface area contributed by atoms with Gasteiger partial charge in [-0.2, -0.15) is 0 Å². The van der Waals surface area contributed by atoms with Gasteiger partial charge in [-0.15, -0.1) is 0 Å². The second-order valence-corrected chi connectivity index (χ2v) is 7.99. The predicted molar refractivity (Wildman–Crippen MR) is 114 cm³/mol.